The minimum Gasteiger partial charge on any atom is -0.324 e. The van der Waals surface area contributed by atoms with Gasteiger partial charge in [-0.15, -0.1) is 0 Å². The molecule has 1 fully saturated rings. The van der Waals surface area contributed by atoms with Crippen molar-refractivity contribution in [2.45, 2.75) is 13.8 Å². The van der Waals surface area contributed by atoms with Gasteiger partial charge in [0.15, 0.2) is 0 Å². The largest absolute Gasteiger partial charge is 0.325 e. The number of benzene rings is 2. The number of carbonyl (C=O) groups is 2. The number of aryl methyl sites for hydroxylation is 2. The SMILES string of the molecule is Cc1ccc(C)c(NC(=O)CN2CCN(c3ccc(Cl)cc3)C2=O)c1. The average molecular weight is 358 g/mol. The fourth-order valence-corrected chi connectivity index (χ4v) is 2.95. The quantitative estimate of drug-likeness (QED) is 0.903. The van der Waals surface area contributed by atoms with Gasteiger partial charge in [-0.25, -0.2) is 4.79 Å². The molecule has 0 radical (unpaired) electrons. The Labute approximate surface area is 152 Å². The molecule has 1 heterocycles. The number of hydrogen-bond donors (Lipinski definition) is 1. The van der Waals surface area contributed by atoms with Gasteiger partial charge in [-0.1, -0.05) is 23.7 Å². The highest BCUT2D eigenvalue weighted by atomic mass is 35.5. The van der Waals surface area contributed by atoms with E-state index in [0.717, 1.165) is 22.5 Å². The smallest absolute Gasteiger partial charge is 0.324 e. The van der Waals surface area contributed by atoms with Crippen LogP contribution in [0.1, 0.15) is 11.1 Å². The fourth-order valence-electron chi connectivity index (χ4n) is 2.82. The normalized spacial score (nSPS) is 14.1. The summed E-state index contributed by atoms with van der Waals surface area (Å²) in [7, 11) is 0. The standard InChI is InChI=1S/C19H20ClN3O2/c1-13-3-4-14(2)17(11-13)21-18(24)12-22-9-10-23(19(22)25)16-7-5-15(20)6-8-16/h3-8,11H,9-10,12H2,1-2H3,(H,21,24). The van der Waals surface area contributed by atoms with Crippen LogP contribution in [0.3, 0.4) is 0 Å². The molecule has 2 aromatic carbocycles. The molecule has 0 saturated carbocycles. The maximum Gasteiger partial charge on any atom is 0.325 e. The van der Waals surface area contributed by atoms with Crippen LogP contribution in [0.4, 0.5) is 16.2 Å². The summed E-state index contributed by atoms with van der Waals surface area (Å²) < 4.78 is 0. The molecule has 6 heteroatoms. The van der Waals surface area contributed by atoms with Crippen molar-refractivity contribution >= 4 is 34.9 Å². The molecule has 3 rings (SSSR count). The first-order chi connectivity index (χ1) is 11.9. The third kappa shape index (κ3) is 3.94. The zero-order valence-electron chi connectivity index (χ0n) is 14.3. The van der Waals surface area contributed by atoms with Crippen LogP contribution in [0.15, 0.2) is 42.5 Å². The van der Waals surface area contributed by atoms with Crippen LogP contribution >= 0.6 is 11.6 Å². The van der Waals surface area contributed by atoms with E-state index in [1.807, 2.05) is 32.0 Å². The van der Waals surface area contributed by atoms with E-state index >= 15 is 0 Å². The monoisotopic (exact) mass is 357 g/mol. The number of nitrogens with zero attached hydrogens (tertiary/aromatic N) is 2. The maximum absolute atomic E-state index is 12.5. The van der Waals surface area contributed by atoms with Crippen LogP contribution in [0, 0.1) is 13.8 Å². The highest BCUT2D eigenvalue weighted by Crippen LogP contribution is 2.22. The molecule has 0 spiro atoms. The van der Waals surface area contributed by atoms with Gasteiger partial charge < -0.3 is 10.2 Å². The lowest BCUT2D eigenvalue weighted by molar-refractivity contribution is -0.116. The Balaban J connectivity index is 1.63. The average Bonchev–Trinajstić information content (AvgIpc) is 2.92. The van der Waals surface area contributed by atoms with Crippen molar-refractivity contribution in [1.29, 1.82) is 0 Å². The molecule has 1 aliphatic rings. The number of amides is 3. The van der Waals surface area contributed by atoms with Gasteiger partial charge in [0.1, 0.15) is 6.54 Å². The van der Waals surface area contributed by atoms with Crippen molar-refractivity contribution in [1.82, 2.24) is 4.90 Å². The molecule has 25 heavy (non-hydrogen) atoms. The van der Waals surface area contributed by atoms with Gasteiger partial charge in [0.05, 0.1) is 0 Å². The molecule has 1 aliphatic heterocycles. The summed E-state index contributed by atoms with van der Waals surface area (Å²) in [6.45, 7) is 5.02. The van der Waals surface area contributed by atoms with Gasteiger partial charge in [-0.05, 0) is 55.3 Å². The van der Waals surface area contributed by atoms with E-state index in [2.05, 4.69) is 5.32 Å². The van der Waals surface area contributed by atoms with Crippen LogP contribution in [-0.4, -0.2) is 36.5 Å². The highest BCUT2D eigenvalue weighted by molar-refractivity contribution is 6.30. The molecule has 0 aliphatic carbocycles. The molecule has 0 unspecified atom stereocenters. The summed E-state index contributed by atoms with van der Waals surface area (Å²) in [5.74, 6) is -0.194. The topological polar surface area (TPSA) is 52.7 Å². The molecule has 5 nitrogen and oxygen atoms in total. The minimum atomic E-state index is -0.194. The van der Waals surface area contributed by atoms with E-state index in [-0.39, 0.29) is 18.5 Å². The Morgan fingerprint density at radius 2 is 1.84 bits per heavy atom. The number of urea groups is 1. The second-order valence-corrected chi connectivity index (χ2v) is 6.64. The van der Waals surface area contributed by atoms with Crippen LogP contribution in [0.25, 0.3) is 0 Å². The minimum absolute atomic E-state index is 0.0380. The summed E-state index contributed by atoms with van der Waals surface area (Å²) in [5, 5.41) is 3.52. The molecule has 0 atom stereocenters. The van der Waals surface area contributed by atoms with Crippen molar-refractivity contribution in [3.05, 3.63) is 58.6 Å². The Hall–Kier alpha value is -2.53. The lowest BCUT2D eigenvalue weighted by Crippen LogP contribution is -2.37. The number of nitrogens with one attached hydrogen (secondary N) is 1. The van der Waals surface area contributed by atoms with Crippen molar-refractivity contribution in [3.8, 4) is 0 Å². The van der Waals surface area contributed by atoms with Gasteiger partial charge in [0, 0.05) is 29.5 Å². The number of halogens is 1. The van der Waals surface area contributed by atoms with Crippen LogP contribution in [-0.2, 0) is 4.79 Å². The zero-order chi connectivity index (χ0) is 18.0. The predicted octanol–water partition coefficient (Wildman–Crippen LogP) is 3.84. The maximum atomic E-state index is 12.5. The van der Waals surface area contributed by atoms with Crippen LogP contribution < -0.4 is 10.2 Å². The number of hydrogen-bond acceptors (Lipinski definition) is 2. The molecular weight excluding hydrogens is 338 g/mol. The summed E-state index contributed by atoms with van der Waals surface area (Å²) in [5.41, 5.74) is 3.64. The molecule has 1 N–H and O–H groups in total. The van der Waals surface area contributed by atoms with Crippen molar-refractivity contribution in [2.75, 3.05) is 29.9 Å². The van der Waals surface area contributed by atoms with Gasteiger partial charge in [-0.3, -0.25) is 9.69 Å². The molecule has 0 bridgehead atoms. The van der Waals surface area contributed by atoms with Crippen molar-refractivity contribution < 1.29 is 9.59 Å². The predicted molar refractivity (Wildman–Crippen MR) is 100 cm³/mol. The van der Waals surface area contributed by atoms with Crippen LogP contribution in [0.5, 0.6) is 0 Å². The van der Waals surface area contributed by atoms with E-state index in [4.69, 9.17) is 11.6 Å². The summed E-state index contributed by atoms with van der Waals surface area (Å²) in [6, 6.07) is 12.8. The Kier molecular flexibility index (Phi) is 4.95. The van der Waals surface area contributed by atoms with Crippen molar-refractivity contribution in [2.24, 2.45) is 0 Å². The molecular formula is C19H20ClN3O2. The molecule has 2 aromatic rings. The molecule has 1 saturated heterocycles. The lowest BCUT2D eigenvalue weighted by Gasteiger charge is -2.19. The van der Waals surface area contributed by atoms with E-state index in [9.17, 15) is 9.59 Å². The third-order valence-electron chi connectivity index (χ3n) is 4.23. The van der Waals surface area contributed by atoms with Crippen molar-refractivity contribution in [3.63, 3.8) is 0 Å². The van der Waals surface area contributed by atoms with Gasteiger partial charge in [0.2, 0.25) is 5.91 Å². The second-order valence-electron chi connectivity index (χ2n) is 6.20. The third-order valence-corrected chi connectivity index (χ3v) is 4.49. The van der Waals surface area contributed by atoms with E-state index in [0.29, 0.717) is 18.1 Å². The molecule has 0 aromatic heterocycles. The molecule has 3 amide bonds. The van der Waals surface area contributed by atoms with Crippen LogP contribution in [0.2, 0.25) is 5.02 Å². The lowest BCUT2D eigenvalue weighted by atomic mass is 10.1. The zero-order valence-corrected chi connectivity index (χ0v) is 15.0. The second kappa shape index (κ2) is 7.15. The first-order valence-electron chi connectivity index (χ1n) is 8.13. The first kappa shape index (κ1) is 17.3. The first-order valence-corrected chi connectivity index (χ1v) is 8.51. The van der Waals surface area contributed by atoms with Gasteiger partial charge in [0.25, 0.3) is 0 Å². The summed E-state index contributed by atoms with van der Waals surface area (Å²) >= 11 is 5.89. The Bertz CT molecular complexity index is 805. The Morgan fingerprint density at radius 1 is 1.12 bits per heavy atom. The number of anilines is 2. The molecule has 130 valence electrons. The Morgan fingerprint density at radius 3 is 2.56 bits per heavy atom. The summed E-state index contributed by atoms with van der Waals surface area (Å²) in [6.07, 6.45) is 0. The number of rotatable bonds is 4. The fraction of sp³-hybridized carbons (Fsp3) is 0.263. The number of carbonyl (C=O) groups excluding carboxylic acids is 2. The summed E-state index contributed by atoms with van der Waals surface area (Å²) in [4.78, 5) is 28.1. The van der Waals surface area contributed by atoms with E-state index in [1.165, 1.54) is 0 Å². The van der Waals surface area contributed by atoms with Gasteiger partial charge in [-0.2, -0.15) is 0 Å². The van der Waals surface area contributed by atoms with E-state index < -0.39 is 0 Å². The van der Waals surface area contributed by atoms with E-state index in [1.54, 1.807) is 34.1 Å². The highest BCUT2D eigenvalue weighted by Gasteiger charge is 2.30. The van der Waals surface area contributed by atoms with Gasteiger partial charge >= 0.3 is 6.03 Å².